The second-order valence-corrected chi connectivity index (χ2v) is 5.75. The van der Waals surface area contributed by atoms with Crippen LogP contribution in [0.15, 0.2) is 72.9 Å². The van der Waals surface area contributed by atoms with Crippen molar-refractivity contribution in [1.82, 2.24) is 4.98 Å². The Balaban J connectivity index is 1.62. The smallest absolute Gasteiger partial charge is 0.224 e. The minimum absolute atomic E-state index is 0.0548. The van der Waals surface area contributed by atoms with Crippen LogP contribution in [0.1, 0.15) is 18.5 Å². The molecule has 0 saturated heterocycles. The van der Waals surface area contributed by atoms with E-state index in [0.717, 1.165) is 5.69 Å². The number of ether oxygens (including phenoxy) is 1. The van der Waals surface area contributed by atoms with Gasteiger partial charge in [0, 0.05) is 18.3 Å². The Morgan fingerprint density at radius 1 is 1.00 bits per heavy atom. The first-order valence-corrected chi connectivity index (χ1v) is 8.43. The summed E-state index contributed by atoms with van der Waals surface area (Å²) in [5.41, 5.74) is 0.985. The van der Waals surface area contributed by atoms with Gasteiger partial charge in [0.1, 0.15) is 11.4 Å². The van der Waals surface area contributed by atoms with E-state index < -0.39 is 5.82 Å². The van der Waals surface area contributed by atoms with Crippen molar-refractivity contribution in [2.45, 2.75) is 19.3 Å². The molecular weight excluding hydrogens is 331 g/mol. The number of nitrogens with zero attached hydrogens (tertiary/aromatic N) is 1. The van der Waals surface area contributed by atoms with Gasteiger partial charge in [-0.3, -0.25) is 9.78 Å². The van der Waals surface area contributed by atoms with Gasteiger partial charge in [-0.25, -0.2) is 4.39 Å². The van der Waals surface area contributed by atoms with Gasteiger partial charge in [0.2, 0.25) is 5.91 Å². The minimum Gasteiger partial charge on any atom is -0.455 e. The molecule has 132 valence electrons. The normalized spacial score (nSPS) is 10.3. The van der Waals surface area contributed by atoms with Gasteiger partial charge in [0.15, 0.2) is 11.6 Å². The molecule has 0 aliphatic heterocycles. The molecule has 0 aliphatic carbocycles. The summed E-state index contributed by atoms with van der Waals surface area (Å²) in [5, 5.41) is 2.63. The lowest BCUT2D eigenvalue weighted by atomic mass is 10.1. The highest BCUT2D eigenvalue weighted by atomic mass is 19.1. The second-order valence-electron chi connectivity index (χ2n) is 5.75. The Morgan fingerprint density at radius 2 is 1.81 bits per heavy atom. The van der Waals surface area contributed by atoms with Crippen molar-refractivity contribution >= 4 is 11.6 Å². The molecule has 1 amide bonds. The van der Waals surface area contributed by atoms with Crippen LogP contribution in [-0.4, -0.2) is 10.9 Å². The number of amides is 1. The van der Waals surface area contributed by atoms with Crippen LogP contribution in [0.2, 0.25) is 0 Å². The highest BCUT2D eigenvalue weighted by Crippen LogP contribution is 2.31. The predicted molar refractivity (Wildman–Crippen MR) is 98.7 cm³/mol. The number of carbonyl (C=O) groups is 1. The third-order valence-corrected chi connectivity index (χ3v) is 3.77. The number of aromatic nitrogens is 1. The monoisotopic (exact) mass is 350 g/mol. The average molecular weight is 350 g/mol. The van der Waals surface area contributed by atoms with Crippen LogP contribution in [0, 0.1) is 5.82 Å². The lowest BCUT2D eigenvalue weighted by Gasteiger charge is -2.13. The van der Waals surface area contributed by atoms with E-state index in [0.29, 0.717) is 18.6 Å². The molecule has 2 aromatic carbocycles. The van der Waals surface area contributed by atoms with E-state index in [4.69, 9.17) is 4.74 Å². The number of hydrogen-bond acceptors (Lipinski definition) is 3. The maximum Gasteiger partial charge on any atom is 0.224 e. The zero-order valence-electron chi connectivity index (χ0n) is 14.2. The van der Waals surface area contributed by atoms with Crippen molar-refractivity contribution in [1.29, 1.82) is 0 Å². The molecule has 1 aromatic heterocycles. The Hall–Kier alpha value is -3.21. The van der Waals surface area contributed by atoms with Gasteiger partial charge in [-0.1, -0.05) is 30.3 Å². The largest absolute Gasteiger partial charge is 0.455 e. The highest BCUT2D eigenvalue weighted by Gasteiger charge is 2.13. The summed E-state index contributed by atoms with van der Waals surface area (Å²) < 4.78 is 19.9. The van der Waals surface area contributed by atoms with Crippen molar-refractivity contribution in [3.05, 3.63) is 84.4 Å². The number of anilines is 1. The third-order valence-electron chi connectivity index (χ3n) is 3.77. The van der Waals surface area contributed by atoms with Gasteiger partial charge in [0.25, 0.3) is 0 Å². The van der Waals surface area contributed by atoms with E-state index in [9.17, 15) is 9.18 Å². The molecule has 0 unspecified atom stereocenters. The summed E-state index contributed by atoms with van der Waals surface area (Å²) in [6, 6.07) is 19.2. The fourth-order valence-corrected chi connectivity index (χ4v) is 2.50. The molecule has 0 saturated carbocycles. The number of benzene rings is 2. The van der Waals surface area contributed by atoms with Crippen LogP contribution in [-0.2, 0) is 11.2 Å². The Bertz CT molecular complexity index is 854. The van der Waals surface area contributed by atoms with E-state index in [1.165, 1.54) is 6.07 Å². The van der Waals surface area contributed by atoms with E-state index in [-0.39, 0.29) is 23.8 Å². The molecular formula is C21H19FN2O2. The van der Waals surface area contributed by atoms with Crippen molar-refractivity contribution in [2.24, 2.45) is 0 Å². The Kier molecular flexibility index (Phi) is 5.93. The summed E-state index contributed by atoms with van der Waals surface area (Å²) in [6.45, 7) is 0. The van der Waals surface area contributed by atoms with Gasteiger partial charge in [-0.15, -0.1) is 0 Å². The fraction of sp³-hybridized carbons (Fsp3) is 0.143. The van der Waals surface area contributed by atoms with Crippen molar-refractivity contribution in [3.63, 3.8) is 0 Å². The molecule has 3 rings (SSSR count). The number of nitrogens with one attached hydrogen (secondary N) is 1. The molecule has 0 fully saturated rings. The molecule has 1 heterocycles. The molecule has 4 nitrogen and oxygen atoms in total. The molecule has 0 spiro atoms. The molecule has 0 bridgehead atoms. The summed E-state index contributed by atoms with van der Waals surface area (Å²) in [6.07, 6.45) is 3.32. The topological polar surface area (TPSA) is 51.2 Å². The SMILES string of the molecule is O=C(CCCc1ccccn1)Nc1c(F)cccc1Oc1ccccc1. The van der Waals surface area contributed by atoms with Crippen LogP contribution in [0.25, 0.3) is 0 Å². The molecule has 0 aliphatic rings. The van der Waals surface area contributed by atoms with Gasteiger partial charge in [-0.05, 0) is 49.2 Å². The number of pyridine rings is 1. The summed E-state index contributed by atoms with van der Waals surface area (Å²) in [4.78, 5) is 16.4. The summed E-state index contributed by atoms with van der Waals surface area (Å²) in [5.74, 6) is 0.0541. The number of para-hydroxylation sites is 2. The summed E-state index contributed by atoms with van der Waals surface area (Å²) in [7, 11) is 0. The predicted octanol–water partition coefficient (Wildman–Crippen LogP) is 4.97. The molecule has 26 heavy (non-hydrogen) atoms. The molecule has 0 atom stereocenters. The lowest BCUT2D eigenvalue weighted by molar-refractivity contribution is -0.116. The molecule has 1 N–H and O–H groups in total. The van der Waals surface area contributed by atoms with Crippen molar-refractivity contribution in [2.75, 3.05) is 5.32 Å². The zero-order chi connectivity index (χ0) is 18.2. The highest BCUT2D eigenvalue weighted by molar-refractivity contribution is 5.92. The minimum atomic E-state index is -0.531. The van der Waals surface area contributed by atoms with E-state index >= 15 is 0 Å². The third kappa shape index (κ3) is 4.89. The van der Waals surface area contributed by atoms with Crippen LogP contribution < -0.4 is 10.1 Å². The number of hydrogen-bond donors (Lipinski definition) is 1. The Labute approximate surface area is 151 Å². The van der Waals surface area contributed by atoms with Crippen molar-refractivity contribution < 1.29 is 13.9 Å². The van der Waals surface area contributed by atoms with E-state index in [1.807, 2.05) is 36.4 Å². The first kappa shape index (κ1) is 17.6. The van der Waals surface area contributed by atoms with Gasteiger partial charge < -0.3 is 10.1 Å². The first-order valence-electron chi connectivity index (χ1n) is 8.43. The zero-order valence-corrected chi connectivity index (χ0v) is 14.2. The van der Waals surface area contributed by atoms with E-state index in [1.54, 1.807) is 30.5 Å². The molecule has 5 heteroatoms. The maximum atomic E-state index is 14.2. The van der Waals surface area contributed by atoms with Gasteiger partial charge >= 0.3 is 0 Å². The molecule has 3 aromatic rings. The lowest BCUT2D eigenvalue weighted by Crippen LogP contribution is -2.13. The quantitative estimate of drug-likeness (QED) is 0.654. The van der Waals surface area contributed by atoms with Crippen LogP contribution in [0.5, 0.6) is 11.5 Å². The Morgan fingerprint density at radius 3 is 2.58 bits per heavy atom. The van der Waals surface area contributed by atoms with Crippen LogP contribution in [0.3, 0.4) is 0 Å². The number of rotatable bonds is 7. The maximum absolute atomic E-state index is 14.2. The fourth-order valence-electron chi connectivity index (χ4n) is 2.50. The second kappa shape index (κ2) is 8.76. The number of halogens is 1. The summed E-state index contributed by atoms with van der Waals surface area (Å²) >= 11 is 0. The van der Waals surface area contributed by atoms with Gasteiger partial charge in [-0.2, -0.15) is 0 Å². The standard InChI is InChI=1S/C21H19FN2O2/c22-18-12-7-13-19(26-17-10-2-1-3-11-17)21(18)24-20(25)14-6-9-16-8-4-5-15-23-16/h1-5,7-8,10-13,15H,6,9,14H2,(H,24,25). The average Bonchev–Trinajstić information content (AvgIpc) is 2.66. The van der Waals surface area contributed by atoms with Gasteiger partial charge in [0.05, 0.1) is 0 Å². The van der Waals surface area contributed by atoms with E-state index in [2.05, 4.69) is 10.3 Å². The van der Waals surface area contributed by atoms with Crippen LogP contribution in [0.4, 0.5) is 10.1 Å². The number of carbonyl (C=O) groups excluding carboxylic acids is 1. The first-order chi connectivity index (χ1) is 12.7. The van der Waals surface area contributed by atoms with Crippen LogP contribution >= 0.6 is 0 Å². The molecule has 0 radical (unpaired) electrons. The number of aryl methyl sites for hydroxylation is 1. The van der Waals surface area contributed by atoms with Crippen molar-refractivity contribution in [3.8, 4) is 11.5 Å².